The Morgan fingerprint density at radius 2 is 1.43 bits per heavy atom. The van der Waals surface area contributed by atoms with Gasteiger partial charge in [0.2, 0.25) is 0 Å². The molecule has 3 rings (SSSR count). The smallest absolute Gasteiger partial charge is 0.180 e. The Morgan fingerprint density at radius 3 is 1.89 bits per heavy atom. The zero-order valence-corrected chi connectivity index (χ0v) is 16.1. The molecule has 0 saturated carbocycles. The van der Waals surface area contributed by atoms with E-state index < -0.39 is 12.0 Å². The standard InChI is InChI=1S/C22H25NO5/c1-27-17-7-3-14(4-8-17)21(25)19-16(13-24)11-12-23-20(19)22(26)15-5-9-18(28-2)10-6-15/h3-10,16,19-20,23-24H,11-13H2,1-2H3/t16?,19-,20-/m0/s1. The number of carbonyl (C=O) groups excluding carboxylic acids is 2. The van der Waals surface area contributed by atoms with Crippen molar-refractivity contribution in [3.8, 4) is 11.5 Å². The van der Waals surface area contributed by atoms with Crippen LogP contribution < -0.4 is 14.8 Å². The Hall–Kier alpha value is -2.70. The Kier molecular flexibility index (Phi) is 6.44. The summed E-state index contributed by atoms with van der Waals surface area (Å²) in [5, 5.41) is 13.0. The fraction of sp³-hybridized carbons (Fsp3) is 0.364. The highest BCUT2D eigenvalue weighted by Crippen LogP contribution is 2.30. The molecule has 6 nitrogen and oxygen atoms in total. The van der Waals surface area contributed by atoms with Crippen molar-refractivity contribution in [2.24, 2.45) is 11.8 Å². The van der Waals surface area contributed by atoms with Gasteiger partial charge in [0.1, 0.15) is 11.5 Å². The summed E-state index contributed by atoms with van der Waals surface area (Å²) in [6.45, 7) is 0.435. The molecule has 0 spiro atoms. The van der Waals surface area contributed by atoms with Crippen LogP contribution in [0, 0.1) is 11.8 Å². The molecular weight excluding hydrogens is 358 g/mol. The van der Waals surface area contributed by atoms with Gasteiger partial charge in [-0.3, -0.25) is 9.59 Å². The van der Waals surface area contributed by atoms with Crippen molar-refractivity contribution in [2.75, 3.05) is 27.4 Å². The second-order valence-electron chi connectivity index (χ2n) is 6.87. The highest BCUT2D eigenvalue weighted by atomic mass is 16.5. The summed E-state index contributed by atoms with van der Waals surface area (Å²) in [6.07, 6.45) is 0.634. The molecule has 2 aromatic carbocycles. The molecule has 0 aromatic heterocycles. The molecule has 2 aromatic rings. The third kappa shape index (κ3) is 4.08. The molecule has 28 heavy (non-hydrogen) atoms. The molecule has 0 amide bonds. The van der Waals surface area contributed by atoms with Gasteiger partial charge in [-0.2, -0.15) is 0 Å². The van der Waals surface area contributed by atoms with Crippen molar-refractivity contribution in [1.82, 2.24) is 5.32 Å². The summed E-state index contributed by atoms with van der Waals surface area (Å²) in [6, 6.07) is 13.0. The molecule has 148 valence electrons. The normalized spacial score (nSPS) is 21.8. The Bertz CT molecular complexity index is 816. The van der Waals surface area contributed by atoms with Gasteiger partial charge in [-0.25, -0.2) is 0 Å². The van der Waals surface area contributed by atoms with Crippen LogP contribution in [0.2, 0.25) is 0 Å². The molecule has 1 aliphatic heterocycles. The van der Waals surface area contributed by atoms with Gasteiger partial charge in [-0.1, -0.05) is 0 Å². The third-order valence-electron chi connectivity index (χ3n) is 5.32. The first-order valence-corrected chi connectivity index (χ1v) is 9.29. The number of Topliss-reactive ketones (excluding diaryl/α,β-unsaturated/α-hetero) is 2. The third-order valence-corrected chi connectivity index (χ3v) is 5.32. The number of aliphatic hydroxyl groups is 1. The first-order valence-electron chi connectivity index (χ1n) is 9.29. The molecule has 1 saturated heterocycles. The summed E-state index contributed by atoms with van der Waals surface area (Å²) >= 11 is 0. The van der Waals surface area contributed by atoms with Crippen molar-refractivity contribution in [2.45, 2.75) is 12.5 Å². The molecule has 1 heterocycles. The minimum atomic E-state index is -0.686. The summed E-state index contributed by atoms with van der Waals surface area (Å²) in [7, 11) is 3.13. The van der Waals surface area contributed by atoms with Gasteiger partial charge in [0.25, 0.3) is 0 Å². The molecule has 0 aliphatic carbocycles. The van der Waals surface area contributed by atoms with Crippen molar-refractivity contribution >= 4 is 11.6 Å². The molecule has 1 fully saturated rings. The van der Waals surface area contributed by atoms with Crippen LogP contribution in [0.15, 0.2) is 48.5 Å². The van der Waals surface area contributed by atoms with Crippen LogP contribution in [0.1, 0.15) is 27.1 Å². The van der Waals surface area contributed by atoms with Crippen LogP contribution in [0.3, 0.4) is 0 Å². The van der Waals surface area contributed by atoms with Gasteiger partial charge >= 0.3 is 0 Å². The van der Waals surface area contributed by atoms with E-state index in [1.807, 2.05) is 0 Å². The zero-order chi connectivity index (χ0) is 20.1. The van der Waals surface area contributed by atoms with Gasteiger partial charge in [0.05, 0.1) is 26.2 Å². The fourth-order valence-electron chi connectivity index (χ4n) is 3.71. The lowest BCUT2D eigenvalue weighted by Crippen LogP contribution is -2.54. The molecular formula is C22H25NO5. The van der Waals surface area contributed by atoms with E-state index >= 15 is 0 Å². The largest absolute Gasteiger partial charge is 0.497 e. The fourth-order valence-corrected chi connectivity index (χ4v) is 3.71. The number of nitrogens with one attached hydrogen (secondary N) is 1. The second-order valence-corrected chi connectivity index (χ2v) is 6.87. The van der Waals surface area contributed by atoms with E-state index in [-0.39, 0.29) is 24.1 Å². The lowest BCUT2D eigenvalue weighted by atomic mass is 9.74. The number of ketones is 2. The van der Waals surface area contributed by atoms with E-state index in [0.717, 1.165) is 0 Å². The first kappa shape index (κ1) is 20.0. The number of piperidine rings is 1. The van der Waals surface area contributed by atoms with Crippen molar-refractivity contribution < 1.29 is 24.2 Å². The van der Waals surface area contributed by atoms with Gasteiger partial charge in [-0.05, 0) is 67.4 Å². The van der Waals surface area contributed by atoms with Crippen molar-refractivity contribution in [1.29, 1.82) is 0 Å². The second kappa shape index (κ2) is 8.99. The lowest BCUT2D eigenvalue weighted by molar-refractivity contribution is 0.0596. The van der Waals surface area contributed by atoms with Crippen LogP contribution in [0.25, 0.3) is 0 Å². The number of aliphatic hydroxyl groups excluding tert-OH is 1. The van der Waals surface area contributed by atoms with Crippen LogP contribution in [-0.2, 0) is 0 Å². The number of hydrogen-bond donors (Lipinski definition) is 2. The molecule has 0 bridgehead atoms. The summed E-state index contributed by atoms with van der Waals surface area (Å²) < 4.78 is 10.3. The quantitative estimate of drug-likeness (QED) is 0.714. The molecule has 1 aliphatic rings. The van der Waals surface area contributed by atoms with Gasteiger partial charge < -0.3 is 19.9 Å². The number of methoxy groups -OCH3 is 2. The number of benzene rings is 2. The van der Waals surface area contributed by atoms with E-state index in [9.17, 15) is 14.7 Å². The van der Waals surface area contributed by atoms with Gasteiger partial charge in [0.15, 0.2) is 11.6 Å². The maximum absolute atomic E-state index is 13.3. The Balaban J connectivity index is 1.90. The summed E-state index contributed by atoms with van der Waals surface area (Å²) in [4.78, 5) is 26.4. The number of rotatable bonds is 7. The van der Waals surface area contributed by atoms with Gasteiger partial charge in [-0.15, -0.1) is 0 Å². The van der Waals surface area contributed by atoms with Crippen molar-refractivity contribution in [3.63, 3.8) is 0 Å². The van der Waals surface area contributed by atoms with E-state index in [1.54, 1.807) is 62.8 Å². The van der Waals surface area contributed by atoms with Gasteiger partial charge in [0, 0.05) is 17.7 Å². The minimum absolute atomic E-state index is 0.138. The molecule has 1 unspecified atom stereocenters. The maximum Gasteiger partial charge on any atom is 0.180 e. The van der Waals surface area contributed by atoms with Crippen LogP contribution in [-0.4, -0.2) is 50.1 Å². The SMILES string of the molecule is COc1ccc(C(=O)[C@H]2NCCC(CO)[C@@H]2C(=O)c2ccc(OC)cc2)cc1. The summed E-state index contributed by atoms with van der Waals surface area (Å²) in [5.74, 6) is 0.0911. The van der Waals surface area contributed by atoms with Crippen molar-refractivity contribution in [3.05, 3.63) is 59.7 Å². The van der Waals surface area contributed by atoms with Crippen LogP contribution in [0.4, 0.5) is 0 Å². The Morgan fingerprint density at radius 1 is 0.929 bits per heavy atom. The van der Waals surface area contributed by atoms with Crippen LogP contribution >= 0.6 is 0 Å². The molecule has 3 atom stereocenters. The maximum atomic E-state index is 13.3. The predicted octanol–water partition coefficient (Wildman–Crippen LogP) is 2.36. The zero-order valence-electron chi connectivity index (χ0n) is 16.1. The topological polar surface area (TPSA) is 84.9 Å². The summed E-state index contributed by atoms with van der Waals surface area (Å²) in [5.41, 5.74) is 1.00. The van der Waals surface area contributed by atoms with E-state index in [2.05, 4.69) is 5.32 Å². The average molecular weight is 383 g/mol. The van der Waals surface area contributed by atoms with E-state index in [1.165, 1.54) is 0 Å². The number of ether oxygens (including phenoxy) is 2. The monoisotopic (exact) mass is 383 g/mol. The number of carbonyl (C=O) groups is 2. The highest BCUT2D eigenvalue weighted by molar-refractivity contribution is 6.07. The predicted molar refractivity (Wildman–Crippen MR) is 105 cm³/mol. The minimum Gasteiger partial charge on any atom is -0.497 e. The van der Waals surface area contributed by atoms with E-state index in [0.29, 0.717) is 35.6 Å². The average Bonchev–Trinajstić information content (AvgIpc) is 2.77. The highest BCUT2D eigenvalue weighted by Gasteiger charge is 2.42. The molecule has 0 radical (unpaired) electrons. The number of hydrogen-bond acceptors (Lipinski definition) is 6. The lowest BCUT2D eigenvalue weighted by Gasteiger charge is -2.36. The molecule has 6 heteroatoms. The van der Waals surface area contributed by atoms with Crippen LogP contribution in [0.5, 0.6) is 11.5 Å². The van der Waals surface area contributed by atoms with E-state index in [4.69, 9.17) is 9.47 Å². The molecule has 2 N–H and O–H groups in total. The first-order chi connectivity index (χ1) is 13.6. The Labute approximate surface area is 164 Å².